The summed E-state index contributed by atoms with van der Waals surface area (Å²) in [5.41, 5.74) is 9.75. The molecule has 1 spiro atoms. The predicted molar refractivity (Wildman–Crippen MR) is 82.8 cm³/mol. The molecule has 2 heteroatoms. The number of hydrogen-bond donors (Lipinski definition) is 2. The smallest absolute Gasteiger partial charge is 0.0176 e. The number of benzene rings is 1. The van der Waals surface area contributed by atoms with Gasteiger partial charge in [0.25, 0.3) is 0 Å². The number of fused-ring (bicyclic) bond motifs is 2. The second-order valence-electron chi connectivity index (χ2n) is 7.20. The highest BCUT2D eigenvalue weighted by Crippen LogP contribution is 2.55. The SMILES string of the molecule is NC1CCC(N[C@@H]2C[C@]23CCCc2ccccc23)CC1. The molecule has 3 aliphatic rings. The second-order valence-corrected chi connectivity index (χ2v) is 7.20. The Hall–Kier alpha value is -0.860. The van der Waals surface area contributed by atoms with E-state index in [2.05, 4.69) is 29.6 Å². The maximum absolute atomic E-state index is 6.02. The van der Waals surface area contributed by atoms with Crippen molar-refractivity contribution in [3.8, 4) is 0 Å². The van der Waals surface area contributed by atoms with Crippen LogP contribution >= 0.6 is 0 Å². The molecule has 2 saturated carbocycles. The molecule has 0 saturated heterocycles. The van der Waals surface area contributed by atoms with Crippen molar-refractivity contribution >= 4 is 0 Å². The van der Waals surface area contributed by atoms with E-state index in [1.165, 1.54) is 51.4 Å². The van der Waals surface area contributed by atoms with Gasteiger partial charge in [-0.05, 0) is 62.5 Å². The summed E-state index contributed by atoms with van der Waals surface area (Å²) >= 11 is 0. The van der Waals surface area contributed by atoms with Crippen LogP contribution in [-0.2, 0) is 11.8 Å². The number of hydrogen-bond acceptors (Lipinski definition) is 2. The van der Waals surface area contributed by atoms with Crippen molar-refractivity contribution in [1.29, 1.82) is 0 Å². The topological polar surface area (TPSA) is 38.0 Å². The molecular formula is C18H26N2. The zero-order valence-corrected chi connectivity index (χ0v) is 12.3. The monoisotopic (exact) mass is 270 g/mol. The normalized spacial score (nSPS) is 39.5. The molecule has 0 aromatic heterocycles. The molecule has 0 aliphatic heterocycles. The number of nitrogens with two attached hydrogens (primary N) is 1. The molecular weight excluding hydrogens is 244 g/mol. The molecule has 0 amide bonds. The van der Waals surface area contributed by atoms with Crippen LogP contribution in [0.1, 0.15) is 56.1 Å². The lowest BCUT2D eigenvalue weighted by molar-refractivity contribution is 0.329. The maximum Gasteiger partial charge on any atom is 0.0176 e. The quantitative estimate of drug-likeness (QED) is 0.867. The zero-order chi connectivity index (χ0) is 13.6. The minimum absolute atomic E-state index is 0.455. The average molecular weight is 270 g/mol. The van der Waals surface area contributed by atoms with Crippen molar-refractivity contribution < 1.29 is 0 Å². The molecule has 3 aliphatic carbocycles. The fraction of sp³-hybridized carbons (Fsp3) is 0.667. The Labute approximate surface area is 122 Å². The van der Waals surface area contributed by atoms with Crippen LogP contribution in [0.5, 0.6) is 0 Å². The number of rotatable bonds is 2. The van der Waals surface area contributed by atoms with Crippen LogP contribution in [0.15, 0.2) is 24.3 Å². The largest absolute Gasteiger partial charge is 0.328 e. The molecule has 4 rings (SSSR count). The van der Waals surface area contributed by atoms with Crippen LogP contribution in [0.3, 0.4) is 0 Å². The van der Waals surface area contributed by atoms with E-state index in [9.17, 15) is 0 Å². The summed E-state index contributed by atoms with van der Waals surface area (Å²) in [6.07, 6.45) is 10.3. The van der Waals surface area contributed by atoms with E-state index in [4.69, 9.17) is 5.73 Å². The third-order valence-corrected chi connectivity index (χ3v) is 5.91. The summed E-state index contributed by atoms with van der Waals surface area (Å²) in [4.78, 5) is 0. The fourth-order valence-electron chi connectivity index (χ4n) is 4.62. The lowest BCUT2D eigenvalue weighted by Crippen LogP contribution is -2.40. The van der Waals surface area contributed by atoms with E-state index in [0.717, 1.165) is 6.04 Å². The molecule has 1 aromatic carbocycles. The van der Waals surface area contributed by atoms with Crippen LogP contribution in [0, 0.1) is 0 Å². The minimum Gasteiger partial charge on any atom is -0.328 e. The standard InChI is InChI=1S/C18H26N2/c19-14-7-9-15(10-8-14)20-17-12-18(17)11-3-5-13-4-1-2-6-16(13)18/h1-2,4,6,14-15,17,20H,3,5,7-12,19H2/t14?,15?,17-,18+/m1/s1. The van der Waals surface area contributed by atoms with Gasteiger partial charge in [0, 0.05) is 23.5 Å². The first-order chi connectivity index (χ1) is 9.78. The average Bonchev–Trinajstić information content (AvgIpc) is 3.15. The highest BCUT2D eigenvalue weighted by Gasteiger charge is 2.56. The van der Waals surface area contributed by atoms with Crippen LogP contribution in [-0.4, -0.2) is 18.1 Å². The lowest BCUT2D eigenvalue weighted by atomic mass is 9.79. The van der Waals surface area contributed by atoms with E-state index >= 15 is 0 Å². The second kappa shape index (κ2) is 4.85. The Morgan fingerprint density at radius 3 is 2.75 bits per heavy atom. The maximum atomic E-state index is 6.02. The van der Waals surface area contributed by atoms with Gasteiger partial charge in [-0.15, -0.1) is 0 Å². The van der Waals surface area contributed by atoms with Gasteiger partial charge in [0.2, 0.25) is 0 Å². The van der Waals surface area contributed by atoms with Crippen molar-refractivity contribution in [3.05, 3.63) is 35.4 Å². The first-order valence-electron chi connectivity index (χ1n) is 8.38. The molecule has 20 heavy (non-hydrogen) atoms. The Balaban J connectivity index is 1.47. The van der Waals surface area contributed by atoms with Gasteiger partial charge in [-0.25, -0.2) is 0 Å². The van der Waals surface area contributed by atoms with Gasteiger partial charge in [-0.1, -0.05) is 24.3 Å². The van der Waals surface area contributed by atoms with Crippen LogP contribution in [0.25, 0.3) is 0 Å². The van der Waals surface area contributed by atoms with Gasteiger partial charge < -0.3 is 11.1 Å². The van der Waals surface area contributed by atoms with E-state index < -0.39 is 0 Å². The Morgan fingerprint density at radius 2 is 1.90 bits per heavy atom. The van der Waals surface area contributed by atoms with Gasteiger partial charge in [0.15, 0.2) is 0 Å². The van der Waals surface area contributed by atoms with Crippen LogP contribution in [0.4, 0.5) is 0 Å². The van der Waals surface area contributed by atoms with Crippen LogP contribution < -0.4 is 11.1 Å². The van der Waals surface area contributed by atoms with E-state index in [1.807, 2.05) is 0 Å². The summed E-state index contributed by atoms with van der Waals surface area (Å²) in [5, 5.41) is 3.96. The summed E-state index contributed by atoms with van der Waals surface area (Å²) in [7, 11) is 0. The Kier molecular flexibility index (Phi) is 3.12. The first-order valence-corrected chi connectivity index (χ1v) is 8.38. The summed E-state index contributed by atoms with van der Waals surface area (Å²) < 4.78 is 0. The molecule has 2 fully saturated rings. The molecule has 1 aromatic rings. The van der Waals surface area contributed by atoms with Crippen molar-refractivity contribution in [2.24, 2.45) is 5.73 Å². The summed E-state index contributed by atoms with van der Waals surface area (Å²) in [6, 6.07) is 11.0. The highest BCUT2D eigenvalue weighted by atomic mass is 15.0. The molecule has 3 N–H and O–H groups in total. The molecule has 108 valence electrons. The van der Waals surface area contributed by atoms with Gasteiger partial charge >= 0.3 is 0 Å². The van der Waals surface area contributed by atoms with Crippen molar-refractivity contribution in [3.63, 3.8) is 0 Å². The van der Waals surface area contributed by atoms with E-state index in [-0.39, 0.29) is 0 Å². The zero-order valence-electron chi connectivity index (χ0n) is 12.3. The van der Waals surface area contributed by atoms with Gasteiger partial charge in [0.05, 0.1) is 0 Å². The predicted octanol–water partition coefficient (Wildman–Crippen LogP) is 2.89. The number of aryl methyl sites for hydroxylation is 1. The first kappa shape index (κ1) is 12.8. The van der Waals surface area contributed by atoms with Crippen molar-refractivity contribution in [2.45, 2.75) is 74.9 Å². The van der Waals surface area contributed by atoms with Crippen molar-refractivity contribution in [2.75, 3.05) is 0 Å². The highest BCUT2D eigenvalue weighted by molar-refractivity contribution is 5.44. The minimum atomic E-state index is 0.455. The van der Waals surface area contributed by atoms with E-state index in [0.29, 0.717) is 17.5 Å². The third-order valence-electron chi connectivity index (χ3n) is 5.91. The molecule has 0 bridgehead atoms. The van der Waals surface area contributed by atoms with Crippen LogP contribution in [0.2, 0.25) is 0 Å². The molecule has 0 radical (unpaired) electrons. The Bertz CT molecular complexity index is 490. The Morgan fingerprint density at radius 1 is 1.10 bits per heavy atom. The van der Waals surface area contributed by atoms with Gasteiger partial charge in [-0.3, -0.25) is 0 Å². The lowest BCUT2D eigenvalue weighted by Gasteiger charge is -2.30. The van der Waals surface area contributed by atoms with E-state index in [1.54, 1.807) is 11.1 Å². The molecule has 0 heterocycles. The molecule has 0 unspecified atom stereocenters. The molecule has 2 atom stereocenters. The third kappa shape index (κ3) is 2.10. The summed E-state index contributed by atoms with van der Waals surface area (Å²) in [5.74, 6) is 0. The van der Waals surface area contributed by atoms with Crippen molar-refractivity contribution in [1.82, 2.24) is 5.32 Å². The fourth-order valence-corrected chi connectivity index (χ4v) is 4.62. The number of nitrogens with one attached hydrogen (secondary N) is 1. The molecule has 2 nitrogen and oxygen atoms in total. The summed E-state index contributed by atoms with van der Waals surface area (Å²) in [6.45, 7) is 0. The van der Waals surface area contributed by atoms with Gasteiger partial charge in [-0.2, -0.15) is 0 Å². The van der Waals surface area contributed by atoms with Gasteiger partial charge in [0.1, 0.15) is 0 Å².